The molecule has 1 heterocycles. The second-order valence-electron chi connectivity index (χ2n) is 3.28. The highest BCUT2D eigenvalue weighted by Gasteiger charge is 2.06. The summed E-state index contributed by atoms with van der Waals surface area (Å²) in [4.78, 5) is 4.23. The molecule has 5 nitrogen and oxygen atoms in total. The standard InChI is InChI=1S/C11H13N3O2/c15-7-6-12-8-10-13-11(14-16-10)9-4-2-1-3-5-9/h1-5,12,15H,6-8H2. The van der Waals surface area contributed by atoms with Crippen LogP contribution in [0.4, 0.5) is 0 Å². The van der Waals surface area contributed by atoms with Crippen LogP contribution in [0.2, 0.25) is 0 Å². The van der Waals surface area contributed by atoms with Gasteiger partial charge in [0.15, 0.2) is 0 Å². The van der Waals surface area contributed by atoms with Gasteiger partial charge in [-0.3, -0.25) is 0 Å². The van der Waals surface area contributed by atoms with Crippen LogP contribution < -0.4 is 5.32 Å². The Kier molecular flexibility index (Phi) is 3.63. The van der Waals surface area contributed by atoms with Crippen molar-refractivity contribution >= 4 is 0 Å². The molecule has 84 valence electrons. The predicted molar refractivity (Wildman–Crippen MR) is 58.5 cm³/mol. The number of nitrogens with zero attached hydrogens (tertiary/aromatic N) is 2. The lowest BCUT2D eigenvalue weighted by atomic mass is 10.2. The first-order valence-electron chi connectivity index (χ1n) is 5.10. The Labute approximate surface area is 93.1 Å². The molecule has 0 aliphatic carbocycles. The van der Waals surface area contributed by atoms with Gasteiger partial charge in [-0.25, -0.2) is 0 Å². The second kappa shape index (κ2) is 5.39. The quantitative estimate of drug-likeness (QED) is 0.728. The predicted octanol–water partition coefficient (Wildman–Crippen LogP) is 0.819. The van der Waals surface area contributed by atoms with Gasteiger partial charge in [0, 0.05) is 12.1 Å². The lowest BCUT2D eigenvalue weighted by Crippen LogP contribution is -2.17. The van der Waals surface area contributed by atoms with Gasteiger partial charge in [-0.2, -0.15) is 4.98 Å². The van der Waals surface area contributed by atoms with Crippen LogP contribution in [0.1, 0.15) is 5.89 Å². The van der Waals surface area contributed by atoms with Crippen molar-refractivity contribution in [3.05, 3.63) is 36.2 Å². The fourth-order valence-corrected chi connectivity index (χ4v) is 1.31. The Morgan fingerprint density at radius 1 is 1.25 bits per heavy atom. The van der Waals surface area contributed by atoms with Crippen LogP contribution in [0.5, 0.6) is 0 Å². The highest BCUT2D eigenvalue weighted by molar-refractivity contribution is 5.53. The second-order valence-corrected chi connectivity index (χ2v) is 3.28. The molecule has 0 aliphatic heterocycles. The van der Waals surface area contributed by atoms with Crippen molar-refractivity contribution in [3.8, 4) is 11.4 Å². The maximum Gasteiger partial charge on any atom is 0.240 e. The Morgan fingerprint density at radius 2 is 2.06 bits per heavy atom. The van der Waals surface area contributed by atoms with Gasteiger partial charge in [0.25, 0.3) is 0 Å². The zero-order valence-electron chi connectivity index (χ0n) is 8.76. The average molecular weight is 219 g/mol. The molecule has 0 amide bonds. The number of aliphatic hydroxyl groups is 1. The van der Waals surface area contributed by atoms with E-state index in [0.717, 1.165) is 5.56 Å². The van der Waals surface area contributed by atoms with Crippen LogP contribution in [0.3, 0.4) is 0 Å². The minimum absolute atomic E-state index is 0.0969. The fourth-order valence-electron chi connectivity index (χ4n) is 1.31. The summed E-state index contributed by atoms with van der Waals surface area (Å²) in [6, 6.07) is 9.64. The molecular formula is C11H13N3O2. The Balaban J connectivity index is 2.02. The first-order chi connectivity index (χ1) is 7.90. The van der Waals surface area contributed by atoms with Gasteiger partial charge in [-0.15, -0.1) is 0 Å². The van der Waals surface area contributed by atoms with Crippen LogP contribution in [-0.4, -0.2) is 28.4 Å². The molecule has 0 saturated carbocycles. The molecule has 0 spiro atoms. The summed E-state index contributed by atoms with van der Waals surface area (Å²) in [5.41, 5.74) is 0.930. The number of hydrogen-bond acceptors (Lipinski definition) is 5. The van der Waals surface area contributed by atoms with E-state index in [1.165, 1.54) is 0 Å². The van der Waals surface area contributed by atoms with Crippen molar-refractivity contribution in [3.63, 3.8) is 0 Å². The van der Waals surface area contributed by atoms with Crippen LogP contribution in [-0.2, 0) is 6.54 Å². The highest BCUT2D eigenvalue weighted by atomic mass is 16.5. The Bertz CT molecular complexity index is 428. The van der Waals surface area contributed by atoms with E-state index >= 15 is 0 Å². The zero-order chi connectivity index (χ0) is 11.2. The summed E-state index contributed by atoms with van der Waals surface area (Å²) in [6.45, 7) is 1.09. The molecule has 0 bridgehead atoms. The number of rotatable bonds is 5. The fraction of sp³-hybridized carbons (Fsp3) is 0.273. The molecule has 0 radical (unpaired) electrons. The van der Waals surface area contributed by atoms with Gasteiger partial charge in [0.05, 0.1) is 13.2 Å². The molecule has 2 aromatic rings. The maximum atomic E-state index is 8.60. The monoisotopic (exact) mass is 219 g/mol. The van der Waals surface area contributed by atoms with E-state index in [2.05, 4.69) is 15.5 Å². The molecule has 0 unspecified atom stereocenters. The molecule has 16 heavy (non-hydrogen) atoms. The minimum Gasteiger partial charge on any atom is -0.395 e. The van der Waals surface area contributed by atoms with Gasteiger partial charge >= 0.3 is 0 Å². The van der Waals surface area contributed by atoms with Crippen LogP contribution in [0, 0.1) is 0 Å². The SMILES string of the molecule is OCCNCc1nc(-c2ccccc2)no1. The molecule has 0 aliphatic rings. The van der Waals surface area contributed by atoms with E-state index in [4.69, 9.17) is 9.63 Å². The van der Waals surface area contributed by atoms with E-state index in [1.807, 2.05) is 30.3 Å². The van der Waals surface area contributed by atoms with Gasteiger partial charge in [-0.05, 0) is 0 Å². The molecule has 2 rings (SSSR count). The largest absolute Gasteiger partial charge is 0.395 e. The number of benzene rings is 1. The summed E-state index contributed by atoms with van der Waals surface area (Å²) < 4.78 is 5.06. The van der Waals surface area contributed by atoms with Crippen LogP contribution >= 0.6 is 0 Å². The Morgan fingerprint density at radius 3 is 2.81 bits per heavy atom. The summed E-state index contributed by atoms with van der Waals surface area (Å²) in [5.74, 6) is 1.11. The van der Waals surface area contributed by atoms with Gasteiger partial charge in [0.2, 0.25) is 11.7 Å². The third-order valence-corrected chi connectivity index (χ3v) is 2.06. The molecule has 2 N–H and O–H groups in total. The molecular weight excluding hydrogens is 206 g/mol. The summed E-state index contributed by atoms with van der Waals surface area (Å²) in [7, 11) is 0. The zero-order valence-corrected chi connectivity index (χ0v) is 8.76. The van der Waals surface area contributed by atoms with E-state index in [-0.39, 0.29) is 6.61 Å². The van der Waals surface area contributed by atoms with Crippen molar-refractivity contribution in [2.24, 2.45) is 0 Å². The van der Waals surface area contributed by atoms with Gasteiger partial charge in [-0.1, -0.05) is 35.5 Å². The lowest BCUT2D eigenvalue weighted by molar-refractivity contribution is 0.286. The third-order valence-electron chi connectivity index (χ3n) is 2.06. The van der Waals surface area contributed by atoms with Gasteiger partial charge < -0.3 is 14.9 Å². The normalized spacial score (nSPS) is 10.6. The first kappa shape index (κ1) is 10.8. The van der Waals surface area contributed by atoms with Crippen molar-refractivity contribution in [2.45, 2.75) is 6.54 Å². The number of aromatic nitrogens is 2. The van der Waals surface area contributed by atoms with Crippen molar-refractivity contribution in [1.29, 1.82) is 0 Å². The molecule has 5 heteroatoms. The molecule has 1 aromatic carbocycles. The molecule has 0 saturated heterocycles. The maximum absolute atomic E-state index is 8.60. The van der Waals surface area contributed by atoms with Crippen molar-refractivity contribution in [2.75, 3.05) is 13.2 Å². The van der Waals surface area contributed by atoms with Gasteiger partial charge in [0.1, 0.15) is 0 Å². The topological polar surface area (TPSA) is 71.2 Å². The average Bonchev–Trinajstić information content (AvgIpc) is 2.79. The number of hydrogen-bond donors (Lipinski definition) is 2. The highest BCUT2D eigenvalue weighted by Crippen LogP contribution is 2.14. The molecule has 0 fully saturated rings. The van der Waals surface area contributed by atoms with Crippen molar-refractivity contribution in [1.82, 2.24) is 15.5 Å². The van der Waals surface area contributed by atoms with E-state index in [9.17, 15) is 0 Å². The molecule has 0 atom stereocenters. The third kappa shape index (κ3) is 2.65. The lowest BCUT2D eigenvalue weighted by Gasteiger charge is -1.95. The number of aliphatic hydroxyl groups excluding tert-OH is 1. The van der Waals surface area contributed by atoms with E-state index in [0.29, 0.717) is 24.8 Å². The number of nitrogens with one attached hydrogen (secondary N) is 1. The molecule has 1 aromatic heterocycles. The minimum atomic E-state index is 0.0969. The summed E-state index contributed by atoms with van der Waals surface area (Å²) >= 11 is 0. The van der Waals surface area contributed by atoms with E-state index < -0.39 is 0 Å². The smallest absolute Gasteiger partial charge is 0.240 e. The Hall–Kier alpha value is -1.72. The van der Waals surface area contributed by atoms with Crippen molar-refractivity contribution < 1.29 is 9.63 Å². The summed E-state index contributed by atoms with van der Waals surface area (Å²) in [6.07, 6.45) is 0. The van der Waals surface area contributed by atoms with Crippen LogP contribution in [0.15, 0.2) is 34.9 Å². The van der Waals surface area contributed by atoms with Crippen LogP contribution in [0.25, 0.3) is 11.4 Å². The first-order valence-corrected chi connectivity index (χ1v) is 5.10. The van der Waals surface area contributed by atoms with E-state index in [1.54, 1.807) is 0 Å². The summed E-state index contributed by atoms with van der Waals surface area (Å²) in [5, 5.41) is 15.4.